The lowest BCUT2D eigenvalue weighted by molar-refractivity contribution is 0.291. The molecule has 0 saturated carbocycles. The second kappa shape index (κ2) is 9.78. The Morgan fingerprint density at radius 2 is 1.20 bits per heavy atom. The third-order valence-corrected chi connectivity index (χ3v) is 4.71. The minimum atomic E-state index is 0.595. The summed E-state index contributed by atoms with van der Waals surface area (Å²) in [7, 11) is 0. The molecule has 2 rings (SSSR count). The molecule has 118 valence electrons. The average Bonchev–Trinajstić information content (AvgIpc) is 3.33. The SMILES string of the molecule is CCCCCCCCCCCC(CC1CO1)CC1CO1. The molecule has 0 N–H and O–H groups in total. The van der Waals surface area contributed by atoms with Crippen LogP contribution in [-0.4, -0.2) is 25.4 Å². The van der Waals surface area contributed by atoms with Gasteiger partial charge in [0.25, 0.3) is 0 Å². The number of ether oxygens (including phenoxy) is 2. The normalized spacial score (nSPS) is 25.6. The van der Waals surface area contributed by atoms with Crippen molar-refractivity contribution in [3.05, 3.63) is 0 Å². The van der Waals surface area contributed by atoms with E-state index in [1.54, 1.807) is 0 Å². The van der Waals surface area contributed by atoms with Crippen molar-refractivity contribution in [3.63, 3.8) is 0 Å². The summed E-state index contributed by atoms with van der Waals surface area (Å²) in [5.74, 6) is 0.861. The second-order valence-corrected chi connectivity index (χ2v) is 6.87. The predicted molar refractivity (Wildman–Crippen MR) is 84.0 cm³/mol. The van der Waals surface area contributed by atoms with Gasteiger partial charge in [0.15, 0.2) is 0 Å². The Kier molecular flexibility index (Phi) is 7.97. The predicted octanol–water partition coefficient (Wildman–Crippen LogP) is 5.10. The molecule has 2 fully saturated rings. The molecular weight excluding hydrogens is 248 g/mol. The van der Waals surface area contributed by atoms with Crippen molar-refractivity contribution in [1.29, 1.82) is 0 Å². The first-order valence-corrected chi connectivity index (χ1v) is 9.11. The molecule has 0 aliphatic carbocycles. The number of hydrogen-bond donors (Lipinski definition) is 0. The van der Waals surface area contributed by atoms with Crippen molar-refractivity contribution in [2.45, 2.75) is 96.2 Å². The van der Waals surface area contributed by atoms with Gasteiger partial charge in [0.05, 0.1) is 25.4 Å². The van der Waals surface area contributed by atoms with Gasteiger partial charge < -0.3 is 9.47 Å². The summed E-state index contributed by atoms with van der Waals surface area (Å²) in [5, 5.41) is 0. The molecule has 0 bridgehead atoms. The molecule has 2 nitrogen and oxygen atoms in total. The fourth-order valence-electron chi connectivity index (χ4n) is 3.23. The van der Waals surface area contributed by atoms with Crippen LogP contribution in [0.4, 0.5) is 0 Å². The Hall–Kier alpha value is -0.0800. The van der Waals surface area contributed by atoms with Gasteiger partial charge in [-0.3, -0.25) is 0 Å². The van der Waals surface area contributed by atoms with Crippen LogP contribution in [0.5, 0.6) is 0 Å². The zero-order valence-electron chi connectivity index (χ0n) is 13.4. The Bertz CT molecular complexity index is 220. The van der Waals surface area contributed by atoms with Crippen LogP contribution in [-0.2, 0) is 9.47 Å². The van der Waals surface area contributed by atoms with E-state index in [0.29, 0.717) is 12.2 Å². The summed E-state index contributed by atoms with van der Waals surface area (Å²) in [6.07, 6.45) is 18.0. The fourth-order valence-corrected chi connectivity index (χ4v) is 3.23. The van der Waals surface area contributed by atoms with Crippen molar-refractivity contribution in [2.24, 2.45) is 5.92 Å². The van der Waals surface area contributed by atoms with Gasteiger partial charge in [-0.1, -0.05) is 71.1 Å². The summed E-state index contributed by atoms with van der Waals surface area (Å²) in [5.41, 5.74) is 0. The zero-order chi connectivity index (χ0) is 14.0. The van der Waals surface area contributed by atoms with Gasteiger partial charge in [-0.15, -0.1) is 0 Å². The summed E-state index contributed by atoms with van der Waals surface area (Å²) < 4.78 is 10.8. The molecule has 2 aliphatic heterocycles. The first kappa shape index (κ1) is 16.3. The maximum Gasteiger partial charge on any atom is 0.0812 e. The summed E-state index contributed by atoms with van der Waals surface area (Å²) in [6, 6.07) is 0. The van der Waals surface area contributed by atoms with Crippen LogP contribution in [0.25, 0.3) is 0 Å². The highest BCUT2D eigenvalue weighted by Crippen LogP contribution is 2.30. The van der Waals surface area contributed by atoms with Crippen LogP contribution in [0.2, 0.25) is 0 Å². The van der Waals surface area contributed by atoms with Crippen LogP contribution < -0.4 is 0 Å². The van der Waals surface area contributed by atoms with E-state index < -0.39 is 0 Å². The third-order valence-electron chi connectivity index (χ3n) is 4.71. The largest absolute Gasteiger partial charge is 0.373 e. The Morgan fingerprint density at radius 3 is 1.65 bits per heavy atom. The van der Waals surface area contributed by atoms with E-state index in [4.69, 9.17) is 9.47 Å². The van der Waals surface area contributed by atoms with E-state index in [1.165, 1.54) is 77.0 Å². The first-order chi connectivity index (χ1) is 9.88. The van der Waals surface area contributed by atoms with E-state index in [0.717, 1.165) is 19.1 Å². The Labute approximate surface area is 125 Å². The number of rotatable bonds is 14. The summed E-state index contributed by atoms with van der Waals surface area (Å²) in [6.45, 7) is 4.31. The molecule has 0 aromatic rings. The van der Waals surface area contributed by atoms with Crippen molar-refractivity contribution in [1.82, 2.24) is 0 Å². The highest BCUT2D eigenvalue weighted by Gasteiger charge is 2.31. The lowest BCUT2D eigenvalue weighted by Gasteiger charge is -2.14. The smallest absolute Gasteiger partial charge is 0.0812 e. The molecule has 2 heterocycles. The van der Waals surface area contributed by atoms with Gasteiger partial charge >= 0.3 is 0 Å². The molecule has 2 aliphatic rings. The van der Waals surface area contributed by atoms with E-state index in [2.05, 4.69) is 6.92 Å². The second-order valence-electron chi connectivity index (χ2n) is 6.87. The van der Waals surface area contributed by atoms with Gasteiger partial charge in [0.2, 0.25) is 0 Å². The van der Waals surface area contributed by atoms with Gasteiger partial charge in [0.1, 0.15) is 0 Å². The maximum absolute atomic E-state index is 5.39. The topological polar surface area (TPSA) is 25.1 Å². The van der Waals surface area contributed by atoms with Crippen LogP contribution in [0, 0.1) is 5.92 Å². The van der Waals surface area contributed by atoms with Gasteiger partial charge in [-0.05, 0) is 18.8 Å². The van der Waals surface area contributed by atoms with E-state index >= 15 is 0 Å². The van der Waals surface area contributed by atoms with Crippen LogP contribution >= 0.6 is 0 Å². The Morgan fingerprint density at radius 1 is 0.750 bits per heavy atom. The summed E-state index contributed by atoms with van der Waals surface area (Å²) in [4.78, 5) is 0. The molecular formula is C18H34O2. The van der Waals surface area contributed by atoms with E-state index in [-0.39, 0.29) is 0 Å². The molecule has 0 aromatic heterocycles. The quantitative estimate of drug-likeness (QED) is 0.327. The minimum absolute atomic E-state index is 0.595. The van der Waals surface area contributed by atoms with Gasteiger partial charge in [-0.2, -0.15) is 0 Å². The highest BCUT2D eigenvalue weighted by atomic mass is 16.6. The van der Waals surface area contributed by atoms with Gasteiger partial charge in [0, 0.05) is 0 Å². The first-order valence-electron chi connectivity index (χ1n) is 9.11. The molecule has 0 amide bonds. The summed E-state index contributed by atoms with van der Waals surface area (Å²) >= 11 is 0. The highest BCUT2D eigenvalue weighted by molar-refractivity contribution is 4.79. The Balaban J connectivity index is 1.39. The molecule has 0 spiro atoms. The van der Waals surface area contributed by atoms with Crippen molar-refractivity contribution in [2.75, 3.05) is 13.2 Å². The molecule has 0 aromatic carbocycles. The number of hydrogen-bond acceptors (Lipinski definition) is 2. The fraction of sp³-hybridized carbons (Fsp3) is 1.00. The van der Waals surface area contributed by atoms with Crippen molar-refractivity contribution < 1.29 is 9.47 Å². The van der Waals surface area contributed by atoms with E-state index in [1.807, 2.05) is 0 Å². The lowest BCUT2D eigenvalue weighted by atomic mass is 9.91. The molecule has 20 heavy (non-hydrogen) atoms. The maximum atomic E-state index is 5.39. The molecule has 2 heteroatoms. The van der Waals surface area contributed by atoms with Crippen LogP contribution in [0.3, 0.4) is 0 Å². The standard InChI is InChI=1S/C18H34O2/c1-2-3-4-5-6-7-8-9-10-11-16(12-17-14-19-17)13-18-15-20-18/h16-18H,2-15H2,1H3. The van der Waals surface area contributed by atoms with E-state index in [9.17, 15) is 0 Å². The molecule has 0 radical (unpaired) electrons. The third kappa shape index (κ3) is 8.26. The van der Waals surface area contributed by atoms with Crippen molar-refractivity contribution in [3.8, 4) is 0 Å². The number of epoxide rings is 2. The lowest BCUT2D eigenvalue weighted by Crippen LogP contribution is -2.08. The zero-order valence-corrected chi connectivity index (χ0v) is 13.4. The van der Waals surface area contributed by atoms with Crippen molar-refractivity contribution >= 4 is 0 Å². The average molecular weight is 282 g/mol. The minimum Gasteiger partial charge on any atom is -0.373 e. The molecule has 2 unspecified atom stereocenters. The monoisotopic (exact) mass is 282 g/mol. The molecule has 2 saturated heterocycles. The van der Waals surface area contributed by atoms with Crippen LogP contribution in [0.1, 0.15) is 84.0 Å². The van der Waals surface area contributed by atoms with Gasteiger partial charge in [-0.25, -0.2) is 0 Å². The van der Waals surface area contributed by atoms with Crippen LogP contribution in [0.15, 0.2) is 0 Å². The number of unbranched alkanes of at least 4 members (excludes halogenated alkanes) is 8. The molecule has 2 atom stereocenters.